The van der Waals surface area contributed by atoms with Gasteiger partial charge in [-0.05, 0) is 32.0 Å². The van der Waals surface area contributed by atoms with E-state index >= 15 is 0 Å². The molecule has 2 rings (SSSR count). The average Bonchev–Trinajstić information content (AvgIpc) is 2.28. The van der Waals surface area contributed by atoms with Crippen LogP contribution in [0.2, 0.25) is 0 Å². The fraction of sp³-hybridized carbons (Fsp3) is 0.308. The molecule has 0 aromatic carbocycles. The number of aryl methyl sites for hydroxylation is 2. The lowest BCUT2D eigenvalue weighted by Gasteiger charge is -2.11. The van der Waals surface area contributed by atoms with E-state index in [0.29, 0.717) is 0 Å². The molecule has 0 aliphatic rings. The molecule has 88 valence electrons. The van der Waals surface area contributed by atoms with Crippen molar-refractivity contribution in [2.24, 2.45) is 0 Å². The van der Waals surface area contributed by atoms with E-state index < -0.39 is 0 Å². The summed E-state index contributed by atoms with van der Waals surface area (Å²) in [6.07, 6.45) is 1.78. The zero-order valence-electron chi connectivity index (χ0n) is 10.6. The Hall–Kier alpha value is -1.97. The van der Waals surface area contributed by atoms with E-state index in [0.717, 1.165) is 28.6 Å². The molecule has 0 radical (unpaired) electrons. The van der Waals surface area contributed by atoms with E-state index in [1.54, 1.807) is 6.20 Å². The summed E-state index contributed by atoms with van der Waals surface area (Å²) in [5.41, 5.74) is 4.02. The molecule has 4 heteroatoms. The van der Waals surface area contributed by atoms with Gasteiger partial charge in [-0.1, -0.05) is 0 Å². The minimum atomic E-state index is 0.717. The Labute approximate surface area is 101 Å². The summed E-state index contributed by atoms with van der Waals surface area (Å²) in [7, 11) is 3.87. The van der Waals surface area contributed by atoms with Gasteiger partial charge in [0.25, 0.3) is 0 Å². The molecule has 0 spiro atoms. The molecule has 0 atom stereocenters. The first-order valence-corrected chi connectivity index (χ1v) is 5.52. The van der Waals surface area contributed by atoms with Gasteiger partial charge >= 0.3 is 0 Å². The van der Waals surface area contributed by atoms with Crippen LogP contribution in [0.1, 0.15) is 11.4 Å². The minimum Gasteiger partial charge on any atom is -0.347 e. The van der Waals surface area contributed by atoms with Gasteiger partial charge in [-0.15, -0.1) is 0 Å². The van der Waals surface area contributed by atoms with Crippen LogP contribution in [0.15, 0.2) is 24.4 Å². The summed E-state index contributed by atoms with van der Waals surface area (Å²) < 4.78 is 0. The standard InChI is InChI=1S/C13H16N4/c1-9-7-11(8-10(2)15-9)12-5-6-14-13(16-12)17(3)4/h5-8H,1-4H3. The largest absolute Gasteiger partial charge is 0.347 e. The number of nitrogens with zero attached hydrogens (tertiary/aromatic N) is 4. The Kier molecular flexibility index (Phi) is 3.04. The molecule has 2 aromatic heterocycles. The monoisotopic (exact) mass is 228 g/mol. The zero-order valence-corrected chi connectivity index (χ0v) is 10.6. The van der Waals surface area contributed by atoms with Gasteiger partial charge in [-0.25, -0.2) is 9.97 Å². The van der Waals surface area contributed by atoms with E-state index in [-0.39, 0.29) is 0 Å². The minimum absolute atomic E-state index is 0.717. The topological polar surface area (TPSA) is 41.9 Å². The first kappa shape index (κ1) is 11.5. The molecular weight excluding hydrogens is 212 g/mol. The van der Waals surface area contributed by atoms with Gasteiger partial charge in [0.05, 0.1) is 5.69 Å². The number of rotatable bonds is 2. The Bertz CT molecular complexity index is 514. The number of hydrogen-bond acceptors (Lipinski definition) is 4. The lowest BCUT2D eigenvalue weighted by Crippen LogP contribution is -2.12. The van der Waals surface area contributed by atoms with Crippen LogP contribution in [0.4, 0.5) is 5.95 Å². The Morgan fingerprint density at radius 1 is 1.00 bits per heavy atom. The first-order chi connectivity index (χ1) is 8.06. The number of anilines is 1. The molecule has 0 aliphatic heterocycles. The van der Waals surface area contributed by atoms with Crippen molar-refractivity contribution < 1.29 is 0 Å². The second-order valence-corrected chi connectivity index (χ2v) is 4.27. The highest BCUT2D eigenvalue weighted by Crippen LogP contribution is 2.19. The van der Waals surface area contributed by atoms with Crippen molar-refractivity contribution >= 4 is 5.95 Å². The number of pyridine rings is 1. The van der Waals surface area contributed by atoms with E-state index in [4.69, 9.17) is 0 Å². The summed E-state index contributed by atoms with van der Waals surface area (Å²) in [6.45, 7) is 3.98. The third-order valence-electron chi connectivity index (χ3n) is 2.42. The highest BCUT2D eigenvalue weighted by molar-refractivity contribution is 5.60. The van der Waals surface area contributed by atoms with Crippen molar-refractivity contribution in [2.45, 2.75) is 13.8 Å². The van der Waals surface area contributed by atoms with Crippen LogP contribution in [0.5, 0.6) is 0 Å². The molecule has 17 heavy (non-hydrogen) atoms. The van der Waals surface area contributed by atoms with Crippen molar-refractivity contribution in [2.75, 3.05) is 19.0 Å². The van der Waals surface area contributed by atoms with E-state index in [1.807, 2.05) is 51.0 Å². The summed E-state index contributed by atoms with van der Waals surface area (Å²) in [5.74, 6) is 0.717. The van der Waals surface area contributed by atoms with Crippen molar-refractivity contribution in [3.63, 3.8) is 0 Å². The Balaban J connectivity index is 2.49. The maximum atomic E-state index is 4.51. The first-order valence-electron chi connectivity index (χ1n) is 5.52. The lowest BCUT2D eigenvalue weighted by atomic mass is 10.1. The Morgan fingerprint density at radius 3 is 2.24 bits per heavy atom. The van der Waals surface area contributed by atoms with Crippen LogP contribution >= 0.6 is 0 Å². The molecule has 0 bridgehead atoms. The van der Waals surface area contributed by atoms with Crippen LogP contribution in [-0.2, 0) is 0 Å². The van der Waals surface area contributed by atoms with Crippen LogP contribution in [0, 0.1) is 13.8 Å². The molecule has 0 fully saturated rings. The normalized spacial score (nSPS) is 10.4. The third kappa shape index (κ3) is 2.58. The summed E-state index contributed by atoms with van der Waals surface area (Å²) >= 11 is 0. The van der Waals surface area contributed by atoms with Crippen molar-refractivity contribution in [1.29, 1.82) is 0 Å². The maximum Gasteiger partial charge on any atom is 0.225 e. The second kappa shape index (κ2) is 4.49. The van der Waals surface area contributed by atoms with E-state index in [9.17, 15) is 0 Å². The SMILES string of the molecule is Cc1cc(-c2ccnc(N(C)C)n2)cc(C)n1. The van der Waals surface area contributed by atoms with Crippen LogP contribution in [0.25, 0.3) is 11.3 Å². The average molecular weight is 228 g/mol. The maximum absolute atomic E-state index is 4.51. The quantitative estimate of drug-likeness (QED) is 0.790. The van der Waals surface area contributed by atoms with Crippen LogP contribution in [0.3, 0.4) is 0 Å². The fourth-order valence-electron chi connectivity index (χ4n) is 1.71. The van der Waals surface area contributed by atoms with Crippen molar-refractivity contribution in [3.05, 3.63) is 35.8 Å². The molecule has 0 unspecified atom stereocenters. The van der Waals surface area contributed by atoms with Gasteiger partial charge in [0, 0.05) is 37.2 Å². The van der Waals surface area contributed by atoms with Gasteiger partial charge in [-0.2, -0.15) is 0 Å². The number of hydrogen-bond donors (Lipinski definition) is 0. The van der Waals surface area contributed by atoms with Crippen LogP contribution in [-0.4, -0.2) is 29.0 Å². The molecule has 4 nitrogen and oxygen atoms in total. The Morgan fingerprint density at radius 2 is 1.65 bits per heavy atom. The molecule has 0 N–H and O–H groups in total. The van der Waals surface area contributed by atoms with Gasteiger partial charge in [0.2, 0.25) is 5.95 Å². The summed E-state index contributed by atoms with van der Waals surface area (Å²) in [5, 5.41) is 0. The molecule has 2 heterocycles. The van der Waals surface area contributed by atoms with Gasteiger partial charge in [0.1, 0.15) is 0 Å². The summed E-state index contributed by atoms with van der Waals surface area (Å²) in [4.78, 5) is 15.0. The fourth-order valence-corrected chi connectivity index (χ4v) is 1.71. The second-order valence-electron chi connectivity index (χ2n) is 4.27. The zero-order chi connectivity index (χ0) is 12.4. The van der Waals surface area contributed by atoms with Crippen molar-refractivity contribution in [3.8, 4) is 11.3 Å². The van der Waals surface area contributed by atoms with E-state index in [1.165, 1.54) is 0 Å². The lowest BCUT2D eigenvalue weighted by molar-refractivity contribution is 1.000. The molecule has 0 saturated heterocycles. The number of aromatic nitrogens is 3. The highest BCUT2D eigenvalue weighted by atomic mass is 15.2. The highest BCUT2D eigenvalue weighted by Gasteiger charge is 2.05. The molecule has 2 aromatic rings. The summed E-state index contributed by atoms with van der Waals surface area (Å²) in [6, 6.07) is 5.99. The predicted molar refractivity (Wildman–Crippen MR) is 69.1 cm³/mol. The molecule has 0 aliphatic carbocycles. The van der Waals surface area contributed by atoms with E-state index in [2.05, 4.69) is 15.0 Å². The van der Waals surface area contributed by atoms with Gasteiger partial charge in [-0.3, -0.25) is 4.98 Å². The molecular formula is C13H16N4. The molecule has 0 saturated carbocycles. The van der Waals surface area contributed by atoms with Crippen molar-refractivity contribution in [1.82, 2.24) is 15.0 Å². The smallest absolute Gasteiger partial charge is 0.225 e. The molecule has 0 amide bonds. The van der Waals surface area contributed by atoms with Gasteiger partial charge < -0.3 is 4.90 Å². The predicted octanol–water partition coefficient (Wildman–Crippen LogP) is 2.22. The van der Waals surface area contributed by atoms with Gasteiger partial charge in [0.15, 0.2) is 0 Å². The third-order valence-corrected chi connectivity index (χ3v) is 2.42. The van der Waals surface area contributed by atoms with Crippen LogP contribution < -0.4 is 4.90 Å².